The zero-order valence-corrected chi connectivity index (χ0v) is 20.4. The summed E-state index contributed by atoms with van der Waals surface area (Å²) in [6.45, 7) is 0.496. The summed E-state index contributed by atoms with van der Waals surface area (Å²) in [4.78, 5) is 29.9. The second-order valence-corrected chi connectivity index (χ2v) is 9.08. The Bertz CT molecular complexity index is 1160. The Morgan fingerprint density at radius 2 is 1.74 bits per heavy atom. The van der Waals surface area contributed by atoms with Crippen LogP contribution >= 0.6 is 11.3 Å². The first-order valence-corrected chi connectivity index (χ1v) is 11.7. The number of anilines is 2. The van der Waals surface area contributed by atoms with Gasteiger partial charge in [0.15, 0.2) is 0 Å². The molecule has 1 fully saturated rings. The molecular weight excluding hydrogens is 454 g/mol. The minimum Gasteiger partial charge on any atom is -0.497 e. The van der Waals surface area contributed by atoms with E-state index in [1.54, 1.807) is 23.1 Å². The molecule has 4 rings (SSSR count). The van der Waals surface area contributed by atoms with E-state index in [1.807, 2.05) is 43.3 Å². The molecule has 178 valence electrons. The number of hydrogen-bond acceptors (Lipinski definition) is 8. The maximum atomic E-state index is 13.2. The Morgan fingerprint density at radius 1 is 1.06 bits per heavy atom. The monoisotopic (exact) mass is 481 g/mol. The van der Waals surface area contributed by atoms with Crippen LogP contribution < -0.4 is 19.7 Å². The molecule has 1 aliphatic rings. The number of nitrogens with one attached hydrogen (secondary N) is 1. The molecule has 9 nitrogen and oxygen atoms in total. The van der Waals surface area contributed by atoms with Gasteiger partial charge < -0.3 is 19.3 Å². The molecule has 0 saturated carbocycles. The molecule has 1 saturated heterocycles. The second-order valence-electron chi connectivity index (χ2n) is 8.10. The minimum atomic E-state index is -0.587. The summed E-state index contributed by atoms with van der Waals surface area (Å²) in [6.07, 6.45) is 1.32. The number of nitrogens with zero attached hydrogens (tertiary/aromatic N) is 4. The molecule has 0 radical (unpaired) electrons. The van der Waals surface area contributed by atoms with Crippen LogP contribution in [0.2, 0.25) is 0 Å². The van der Waals surface area contributed by atoms with E-state index in [-0.39, 0.29) is 11.8 Å². The van der Waals surface area contributed by atoms with Crippen molar-refractivity contribution < 1.29 is 19.1 Å². The number of ether oxygens (including phenoxy) is 2. The number of likely N-dealkylation sites (tertiary alicyclic amines) is 1. The van der Waals surface area contributed by atoms with Gasteiger partial charge in [0.25, 0.3) is 5.91 Å². The summed E-state index contributed by atoms with van der Waals surface area (Å²) in [5.74, 6) is 0.519. The van der Waals surface area contributed by atoms with E-state index in [9.17, 15) is 9.59 Å². The van der Waals surface area contributed by atoms with E-state index in [2.05, 4.69) is 15.5 Å². The minimum absolute atomic E-state index is 0.242. The first kappa shape index (κ1) is 23.5. The maximum Gasteiger partial charge on any atom is 0.254 e. The van der Waals surface area contributed by atoms with Gasteiger partial charge >= 0.3 is 0 Å². The predicted molar refractivity (Wildman–Crippen MR) is 132 cm³/mol. The van der Waals surface area contributed by atoms with E-state index in [4.69, 9.17) is 9.47 Å². The highest BCUT2D eigenvalue weighted by Gasteiger charge is 2.35. The maximum absolute atomic E-state index is 13.2. The van der Waals surface area contributed by atoms with Crippen molar-refractivity contribution in [1.82, 2.24) is 15.1 Å². The third-order valence-corrected chi connectivity index (χ3v) is 6.59. The number of amides is 2. The van der Waals surface area contributed by atoms with E-state index < -0.39 is 6.04 Å². The van der Waals surface area contributed by atoms with Gasteiger partial charge in [0.05, 0.1) is 14.2 Å². The number of benzene rings is 2. The molecule has 1 N–H and O–H groups in total. The molecule has 1 atom stereocenters. The van der Waals surface area contributed by atoms with Gasteiger partial charge in [-0.25, -0.2) is 0 Å². The van der Waals surface area contributed by atoms with Gasteiger partial charge in [0.1, 0.15) is 22.5 Å². The van der Waals surface area contributed by atoms with Crippen molar-refractivity contribution >= 4 is 34.0 Å². The second kappa shape index (κ2) is 10.1. The van der Waals surface area contributed by atoms with Gasteiger partial charge in [0, 0.05) is 43.5 Å². The molecule has 10 heteroatoms. The van der Waals surface area contributed by atoms with Crippen molar-refractivity contribution in [2.75, 3.05) is 45.1 Å². The Kier molecular flexibility index (Phi) is 6.97. The molecule has 3 aromatic rings. The van der Waals surface area contributed by atoms with E-state index in [0.717, 1.165) is 17.7 Å². The van der Waals surface area contributed by atoms with Crippen LogP contribution in [0, 0.1) is 0 Å². The van der Waals surface area contributed by atoms with E-state index in [0.29, 0.717) is 40.2 Å². The van der Waals surface area contributed by atoms with Gasteiger partial charge in [-0.05, 0) is 49.2 Å². The number of aromatic nitrogens is 2. The van der Waals surface area contributed by atoms with E-state index in [1.165, 1.54) is 25.6 Å². The zero-order valence-electron chi connectivity index (χ0n) is 19.6. The van der Waals surface area contributed by atoms with Crippen molar-refractivity contribution in [2.24, 2.45) is 0 Å². The number of carbonyl (C=O) groups is 2. The lowest BCUT2D eigenvalue weighted by Gasteiger charge is -2.24. The average Bonchev–Trinajstić information content (AvgIpc) is 3.53. The van der Waals surface area contributed by atoms with Crippen LogP contribution in [0.15, 0.2) is 42.5 Å². The van der Waals surface area contributed by atoms with Crippen LogP contribution in [-0.2, 0) is 4.79 Å². The number of rotatable bonds is 7. The fourth-order valence-electron chi connectivity index (χ4n) is 3.86. The lowest BCUT2D eigenvalue weighted by atomic mass is 10.1. The number of hydrogen-bond donors (Lipinski definition) is 1. The Balaban J connectivity index is 1.46. The molecule has 0 aliphatic carbocycles. The average molecular weight is 482 g/mol. The summed E-state index contributed by atoms with van der Waals surface area (Å²) < 4.78 is 10.5. The fourth-order valence-corrected chi connectivity index (χ4v) is 4.61. The fraction of sp³-hybridized carbons (Fsp3) is 0.333. The highest BCUT2D eigenvalue weighted by Crippen LogP contribution is 2.30. The smallest absolute Gasteiger partial charge is 0.254 e. The SMILES string of the molecule is COc1cc(OC)cc(C(=O)N2CCCC2C(=O)Nc2nnc(-c3ccc(N(C)C)cc3)s2)c1. The topological polar surface area (TPSA) is 96.9 Å². The molecular formula is C24H27N5O4S. The lowest BCUT2D eigenvalue weighted by molar-refractivity contribution is -0.119. The molecule has 1 aliphatic heterocycles. The standard InChI is InChI=1S/C24H27N5O4S/c1-28(2)17-9-7-15(8-10-17)22-26-27-24(34-22)25-21(30)20-6-5-11-29(20)23(31)16-12-18(32-3)14-19(13-16)33-4/h7-10,12-14,20H,5-6,11H2,1-4H3,(H,25,27,30). The van der Waals surface area contributed by atoms with Crippen LogP contribution in [0.4, 0.5) is 10.8 Å². The van der Waals surface area contributed by atoms with Crippen LogP contribution in [-0.4, -0.2) is 67.8 Å². The largest absolute Gasteiger partial charge is 0.497 e. The molecule has 0 bridgehead atoms. The number of carbonyl (C=O) groups excluding carboxylic acids is 2. The lowest BCUT2D eigenvalue weighted by Crippen LogP contribution is -2.43. The van der Waals surface area contributed by atoms with Crippen molar-refractivity contribution in [3.8, 4) is 22.1 Å². The molecule has 1 aromatic heterocycles. The molecule has 34 heavy (non-hydrogen) atoms. The van der Waals surface area contributed by atoms with E-state index >= 15 is 0 Å². The summed E-state index contributed by atoms with van der Waals surface area (Å²) in [5.41, 5.74) is 2.42. The first-order chi connectivity index (χ1) is 16.4. The van der Waals surface area contributed by atoms with Crippen molar-refractivity contribution in [2.45, 2.75) is 18.9 Å². The first-order valence-electron chi connectivity index (χ1n) is 10.9. The molecule has 0 spiro atoms. The van der Waals surface area contributed by atoms with Crippen molar-refractivity contribution in [3.63, 3.8) is 0 Å². The van der Waals surface area contributed by atoms with Gasteiger partial charge in [-0.3, -0.25) is 14.9 Å². The summed E-state index contributed by atoms with van der Waals surface area (Å²) >= 11 is 1.30. The highest BCUT2D eigenvalue weighted by molar-refractivity contribution is 7.18. The van der Waals surface area contributed by atoms with Gasteiger partial charge in [-0.2, -0.15) is 0 Å². The molecule has 2 aromatic carbocycles. The van der Waals surface area contributed by atoms with Gasteiger partial charge in [-0.15, -0.1) is 10.2 Å². The Labute approximate surface area is 202 Å². The predicted octanol–water partition coefficient (Wildman–Crippen LogP) is 3.53. The van der Waals surface area contributed by atoms with Crippen LogP contribution in [0.5, 0.6) is 11.5 Å². The zero-order chi connectivity index (χ0) is 24.2. The summed E-state index contributed by atoms with van der Waals surface area (Å²) in [6, 6.07) is 12.4. The summed E-state index contributed by atoms with van der Waals surface area (Å²) in [5, 5.41) is 12.3. The Morgan fingerprint density at radius 3 is 2.35 bits per heavy atom. The van der Waals surface area contributed by atoms with Crippen LogP contribution in [0.1, 0.15) is 23.2 Å². The van der Waals surface area contributed by atoms with Crippen molar-refractivity contribution in [3.05, 3.63) is 48.0 Å². The highest BCUT2D eigenvalue weighted by atomic mass is 32.1. The van der Waals surface area contributed by atoms with Crippen LogP contribution in [0.3, 0.4) is 0 Å². The molecule has 2 amide bonds. The van der Waals surface area contributed by atoms with Gasteiger partial charge in [-0.1, -0.05) is 11.3 Å². The Hall–Kier alpha value is -3.66. The third-order valence-electron chi connectivity index (χ3n) is 5.70. The normalized spacial score (nSPS) is 15.2. The molecule has 1 unspecified atom stereocenters. The van der Waals surface area contributed by atoms with Crippen molar-refractivity contribution in [1.29, 1.82) is 0 Å². The molecule has 2 heterocycles. The summed E-state index contributed by atoms with van der Waals surface area (Å²) in [7, 11) is 7.02. The van der Waals surface area contributed by atoms with Gasteiger partial charge in [0.2, 0.25) is 11.0 Å². The third kappa shape index (κ3) is 4.96. The number of methoxy groups -OCH3 is 2. The van der Waals surface area contributed by atoms with Crippen LogP contribution in [0.25, 0.3) is 10.6 Å². The quantitative estimate of drug-likeness (QED) is 0.551.